The zero-order valence-electron chi connectivity index (χ0n) is 12.9. The first-order valence-corrected chi connectivity index (χ1v) is 7.45. The van der Waals surface area contributed by atoms with Crippen molar-refractivity contribution in [1.82, 2.24) is 34.5 Å². The van der Waals surface area contributed by atoms with Crippen molar-refractivity contribution in [3.8, 4) is 22.8 Å². The summed E-state index contributed by atoms with van der Waals surface area (Å²) >= 11 is 5.92. The normalized spacial score (nSPS) is 11.1. The van der Waals surface area contributed by atoms with Crippen LogP contribution in [0.2, 0.25) is 5.28 Å². The number of ether oxygens (including phenoxy) is 1. The maximum Gasteiger partial charge on any atom is 0.224 e. The third kappa shape index (κ3) is 2.28. The van der Waals surface area contributed by atoms with E-state index in [9.17, 15) is 0 Å². The van der Waals surface area contributed by atoms with Crippen molar-refractivity contribution in [1.29, 1.82) is 0 Å². The van der Waals surface area contributed by atoms with E-state index >= 15 is 0 Å². The Morgan fingerprint density at radius 2 is 2.04 bits per heavy atom. The molecule has 0 saturated heterocycles. The molecule has 4 rings (SSSR count). The molecule has 0 aliphatic carbocycles. The van der Waals surface area contributed by atoms with Gasteiger partial charge >= 0.3 is 0 Å². The Hall–Kier alpha value is -3.00. The second-order valence-electron chi connectivity index (χ2n) is 5.07. The van der Waals surface area contributed by atoms with Gasteiger partial charge in [-0.1, -0.05) is 6.07 Å². The molecule has 8 nitrogen and oxygen atoms in total. The average Bonchev–Trinajstić information content (AvgIpc) is 3.20. The summed E-state index contributed by atoms with van der Waals surface area (Å²) in [7, 11) is 3.41. The Morgan fingerprint density at radius 1 is 1.17 bits per heavy atom. The number of nitrogens with zero attached hydrogens (tertiary/aromatic N) is 7. The van der Waals surface area contributed by atoms with Crippen LogP contribution in [0.3, 0.4) is 0 Å². The first-order valence-electron chi connectivity index (χ1n) is 7.07. The summed E-state index contributed by atoms with van der Waals surface area (Å²) in [6, 6.07) is 5.67. The highest BCUT2D eigenvalue weighted by Crippen LogP contribution is 2.34. The van der Waals surface area contributed by atoms with E-state index in [2.05, 4.69) is 25.1 Å². The first-order chi connectivity index (χ1) is 11.7. The van der Waals surface area contributed by atoms with Crippen LogP contribution < -0.4 is 4.74 Å². The average molecular weight is 342 g/mol. The van der Waals surface area contributed by atoms with Crippen LogP contribution in [0.1, 0.15) is 0 Å². The largest absolute Gasteiger partial charge is 0.494 e. The van der Waals surface area contributed by atoms with E-state index in [1.165, 1.54) is 0 Å². The van der Waals surface area contributed by atoms with Gasteiger partial charge in [0.1, 0.15) is 12.0 Å². The highest BCUT2D eigenvalue weighted by atomic mass is 35.5. The van der Waals surface area contributed by atoms with Gasteiger partial charge in [-0.2, -0.15) is 15.2 Å². The predicted molar refractivity (Wildman–Crippen MR) is 88.2 cm³/mol. The number of hydrogen-bond donors (Lipinski definition) is 0. The smallest absolute Gasteiger partial charge is 0.224 e. The Labute approximate surface area is 141 Å². The number of hydrogen-bond acceptors (Lipinski definition) is 6. The van der Waals surface area contributed by atoms with Crippen LogP contribution >= 0.6 is 11.6 Å². The Kier molecular flexibility index (Phi) is 3.39. The van der Waals surface area contributed by atoms with Gasteiger partial charge in [-0.25, -0.2) is 14.6 Å². The molecule has 0 aliphatic heterocycles. The summed E-state index contributed by atoms with van der Waals surface area (Å²) in [6.07, 6.45) is 4.94. The summed E-state index contributed by atoms with van der Waals surface area (Å²) in [5.41, 5.74) is 2.08. The Bertz CT molecular complexity index is 1040. The van der Waals surface area contributed by atoms with Gasteiger partial charge in [0.25, 0.3) is 0 Å². The van der Waals surface area contributed by atoms with Crippen LogP contribution in [0.5, 0.6) is 5.75 Å². The van der Waals surface area contributed by atoms with Crippen molar-refractivity contribution in [3.05, 3.63) is 42.2 Å². The quantitative estimate of drug-likeness (QED) is 0.531. The summed E-state index contributed by atoms with van der Waals surface area (Å²) < 4.78 is 8.91. The first kappa shape index (κ1) is 14.6. The second kappa shape index (κ2) is 5.57. The fourth-order valence-corrected chi connectivity index (χ4v) is 2.65. The van der Waals surface area contributed by atoms with E-state index < -0.39 is 0 Å². The minimum Gasteiger partial charge on any atom is -0.494 e. The second-order valence-corrected chi connectivity index (χ2v) is 5.41. The zero-order chi connectivity index (χ0) is 16.7. The minimum absolute atomic E-state index is 0.158. The van der Waals surface area contributed by atoms with Crippen LogP contribution in [0, 0.1) is 0 Å². The minimum atomic E-state index is 0.158. The van der Waals surface area contributed by atoms with Gasteiger partial charge in [0.15, 0.2) is 17.2 Å². The van der Waals surface area contributed by atoms with Gasteiger partial charge in [0.05, 0.1) is 24.3 Å². The van der Waals surface area contributed by atoms with E-state index in [4.69, 9.17) is 16.3 Å². The van der Waals surface area contributed by atoms with Crippen LogP contribution in [0.4, 0.5) is 0 Å². The van der Waals surface area contributed by atoms with E-state index in [0.717, 1.165) is 10.9 Å². The molecule has 1 aromatic carbocycles. The highest BCUT2D eigenvalue weighted by Gasteiger charge is 2.18. The van der Waals surface area contributed by atoms with Gasteiger partial charge in [-0.3, -0.25) is 4.68 Å². The molecule has 0 fully saturated rings. The van der Waals surface area contributed by atoms with Gasteiger partial charge in [-0.05, 0) is 23.7 Å². The van der Waals surface area contributed by atoms with Crippen molar-refractivity contribution >= 4 is 22.6 Å². The molecule has 0 spiro atoms. The lowest BCUT2D eigenvalue weighted by Crippen LogP contribution is -2.03. The van der Waals surface area contributed by atoms with Crippen LogP contribution in [-0.2, 0) is 7.05 Å². The Morgan fingerprint density at radius 3 is 2.79 bits per heavy atom. The number of aryl methyl sites for hydroxylation is 1. The van der Waals surface area contributed by atoms with Gasteiger partial charge in [-0.15, -0.1) is 0 Å². The molecule has 120 valence electrons. The molecule has 0 bridgehead atoms. The summed E-state index contributed by atoms with van der Waals surface area (Å²) in [4.78, 5) is 12.5. The topological polar surface area (TPSA) is 83.5 Å². The molecule has 4 aromatic rings. The van der Waals surface area contributed by atoms with Crippen LogP contribution in [-0.4, -0.2) is 41.6 Å². The summed E-state index contributed by atoms with van der Waals surface area (Å²) in [5.74, 6) is 1.17. The van der Waals surface area contributed by atoms with Gasteiger partial charge in [0.2, 0.25) is 5.28 Å². The lowest BCUT2D eigenvalue weighted by molar-refractivity contribution is 0.413. The molecule has 0 amide bonds. The molecule has 0 unspecified atom stereocenters. The molecule has 0 atom stereocenters. The van der Waals surface area contributed by atoms with Gasteiger partial charge < -0.3 is 4.74 Å². The molecule has 0 radical (unpaired) electrons. The van der Waals surface area contributed by atoms with Crippen LogP contribution in [0.15, 0.2) is 36.9 Å². The number of aromatic nitrogens is 7. The number of methoxy groups -OCH3 is 1. The molecule has 0 N–H and O–H groups in total. The third-order valence-corrected chi connectivity index (χ3v) is 3.73. The number of para-hydroxylation sites is 1. The van der Waals surface area contributed by atoms with Crippen molar-refractivity contribution in [2.75, 3.05) is 7.11 Å². The molecule has 3 heterocycles. The van der Waals surface area contributed by atoms with Crippen LogP contribution in [0.25, 0.3) is 28.1 Å². The fraction of sp³-hybridized carbons (Fsp3) is 0.133. The Balaban J connectivity index is 1.96. The third-order valence-electron chi connectivity index (χ3n) is 3.55. The molecule has 3 aromatic heterocycles. The zero-order valence-corrected chi connectivity index (χ0v) is 13.6. The number of benzene rings is 1. The number of halogens is 1. The lowest BCUT2D eigenvalue weighted by Gasteiger charge is -2.12. The summed E-state index contributed by atoms with van der Waals surface area (Å²) in [5, 5.41) is 9.66. The monoisotopic (exact) mass is 341 g/mol. The van der Waals surface area contributed by atoms with Crippen molar-refractivity contribution in [2.24, 2.45) is 7.05 Å². The van der Waals surface area contributed by atoms with Crippen molar-refractivity contribution in [2.45, 2.75) is 0 Å². The van der Waals surface area contributed by atoms with E-state index in [0.29, 0.717) is 22.9 Å². The fourth-order valence-electron chi connectivity index (χ4n) is 2.52. The highest BCUT2D eigenvalue weighted by molar-refractivity contribution is 6.28. The van der Waals surface area contributed by atoms with E-state index in [1.807, 2.05) is 25.2 Å². The molecular weight excluding hydrogens is 330 g/mol. The molecule has 24 heavy (non-hydrogen) atoms. The van der Waals surface area contributed by atoms with E-state index in [1.54, 1.807) is 35.2 Å². The number of rotatable bonds is 3. The molecule has 0 saturated carbocycles. The lowest BCUT2D eigenvalue weighted by atomic mass is 10.1. The maximum atomic E-state index is 5.92. The van der Waals surface area contributed by atoms with Crippen molar-refractivity contribution < 1.29 is 4.74 Å². The standard InChI is InChI=1S/C15H12ClN7O/c1-22-8-18-13(21-22)10-4-3-5-11(12(10)24-2)23-14-9(7-19-23)6-17-15(16)20-14/h3-8H,1-2H3. The van der Waals surface area contributed by atoms with E-state index in [-0.39, 0.29) is 5.28 Å². The predicted octanol–water partition coefficient (Wildman–Crippen LogP) is 2.27. The van der Waals surface area contributed by atoms with Crippen molar-refractivity contribution in [3.63, 3.8) is 0 Å². The molecular formula is C15H12ClN7O. The van der Waals surface area contributed by atoms with Gasteiger partial charge in [0, 0.05) is 13.2 Å². The summed E-state index contributed by atoms with van der Waals surface area (Å²) in [6.45, 7) is 0. The SMILES string of the molecule is COc1c(-c2ncn(C)n2)cccc1-n1ncc2cnc(Cl)nc21. The number of fused-ring (bicyclic) bond motifs is 1. The molecule has 0 aliphatic rings. The maximum absolute atomic E-state index is 5.92. The molecule has 9 heteroatoms.